The van der Waals surface area contributed by atoms with Crippen molar-refractivity contribution in [3.05, 3.63) is 29.8 Å². The molecule has 0 unspecified atom stereocenters. The predicted molar refractivity (Wildman–Crippen MR) is 71.1 cm³/mol. The molecule has 0 saturated heterocycles. The van der Waals surface area contributed by atoms with E-state index in [1.165, 1.54) is 12.1 Å². The van der Waals surface area contributed by atoms with Crippen LogP contribution in [0.2, 0.25) is 0 Å². The minimum Gasteiger partial charge on any atom is -0.346 e. The Kier molecular flexibility index (Phi) is 5.16. The van der Waals surface area contributed by atoms with Gasteiger partial charge < -0.3 is 4.90 Å². The molecule has 1 aromatic carbocycles. The van der Waals surface area contributed by atoms with Gasteiger partial charge in [-0.3, -0.25) is 4.79 Å². The van der Waals surface area contributed by atoms with Gasteiger partial charge in [-0.15, -0.1) is 0 Å². The number of rotatable bonds is 5. The summed E-state index contributed by atoms with van der Waals surface area (Å²) in [5.41, 5.74) is 0.914. The monoisotopic (exact) mass is 289 g/mol. The second kappa shape index (κ2) is 6.20. The number of hydrogen-bond donors (Lipinski definition) is 0. The Hall–Kier alpha value is -1.07. The van der Waals surface area contributed by atoms with Gasteiger partial charge in [-0.1, -0.05) is 12.1 Å². The van der Waals surface area contributed by atoms with Crippen LogP contribution in [0.5, 0.6) is 0 Å². The van der Waals surface area contributed by atoms with Gasteiger partial charge in [0, 0.05) is 30.7 Å². The van der Waals surface area contributed by atoms with E-state index in [9.17, 15) is 13.2 Å². The van der Waals surface area contributed by atoms with Crippen molar-refractivity contribution in [1.29, 1.82) is 0 Å². The maximum absolute atomic E-state index is 11.6. The molecule has 0 aliphatic rings. The highest BCUT2D eigenvalue weighted by atomic mass is 35.7. The summed E-state index contributed by atoms with van der Waals surface area (Å²) in [6, 6.07) is 6.25. The smallest absolute Gasteiger partial charge is 0.261 e. The van der Waals surface area contributed by atoms with Crippen molar-refractivity contribution < 1.29 is 13.2 Å². The van der Waals surface area contributed by atoms with Crippen LogP contribution in [0.1, 0.15) is 18.9 Å². The van der Waals surface area contributed by atoms with E-state index in [-0.39, 0.29) is 10.8 Å². The van der Waals surface area contributed by atoms with Crippen molar-refractivity contribution in [2.45, 2.75) is 24.7 Å². The Morgan fingerprint density at radius 2 is 1.83 bits per heavy atom. The second-order valence-corrected chi connectivity index (χ2v) is 6.56. The molecule has 6 heteroatoms. The molecule has 0 saturated carbocycles. The number of carbonyl (C=O) groups is 1. The van der Waals surface area contributed by atoms with Crippen LogP contribution in [0, 0.1) is 0 Å². The summed E-state index contributed by atoms with van der Waals surface area (Å²) in [7, 11) is 3.29. The standard InChI is InChI=1S/C12H16ClNO3S/c1-3-14(2)12(15)9-6-10-4-7-11(8-5-10)18(13,16)17/h4-5,7-8H,3,6,9H2,1-2H3. The molecule has 0 aliphatic heterocycles. The molecule has 0 heterocycles. The molecule has 0 fully saturated rings. The number of hydrogen-bond acceptors (Lipinski definition) is 3. The Morgan fingerprint density at radius 3 is 2.28 bits per heavy atom. The summed E-state index contributed by atoms with van der Waals surface area (Å²) in [6.45, 7) is 2.60. The van der Waals surface area contributed by atoms with Gasteiger partial charge in [-0.25, -0.2) is 8.42 Å². The maximum Gasteiger partial charge on any atom is 0.261 e. The largest absolute Gasteiger partial charge is 0.346 e. The lowest BCUT2D eigenvalue weighted by Crippen LogP contribution is -2.26. The van der Waals surface area contributed by atoms with E-state index in [0.717, 1.165) is 5.56 Å². The lowest BCUT2D eigenvalue weighted by atomic mass is 10.1. The van der Waals surface area contributed by atoms with Crippen molar-refractivity contribution in [1.82, 2.24) is 4.90 Å². The van der Waals surface area contributed by atoms with Crippen molar-refractivity contribution in [2.24, 2.45) is 0 Å². The Bertz CT molecular complexity index is 511. The lowest BCUT2D eigenvalue weighted by Gasteiger charge is -2.14. The maximum atomic E-state index is 11.6. The topological polar surface area (TPSA) is 54.5 Å². The average molecular weight is 290 g/mol. The van der Waals surface area contributed by atoms with Gasteiger partial charge in [-0.05, 0) is 31.0 Å². The number of benzene rings is 1. The molecular formula is C12H16ClNO3S. The highest BCUT2D eigenvalue weighted by Gasteiger charge is 2.10. The summed E-state index contributed by atoms with van der Waals surface area (Å²) in [6.07, 6.45) is 1.00. The van der Waals surface area contributed by atoms with Crippen molar-refractivity contribution in [3.8, 4) is 0 Å². The zero-order chi connectivity index (χ0) is 13.8. The van der Waals surface area contributed by atoms with Crippen LogP contribution in [0.4, 0.5) is 0 Å². The van der Waals surface area contributed by atoms with Crippen molar-refractivity contribution in [3.63, 3.8) is 0 Å². The Balaban J connectivity index is 2.63. The van der Waals surface area contributed by atoms with Gasteiger partial charge >= 0.3 is 0 Å². The zero-order valence-corrected chi connectivity index (χ0v) is 12.0. The first-order valence-electron chi connectivity index (χ1n) is 5.62. The molecular weight excluding hydrogens is 274 g/mol. The number of nitrogens with zero attached hydrogens (tertiary/aromatic N) is 1. The van der Waals surface area contributed by atoms with Crippen LogP contribution in [0.3, 0.4) is 0 Å². The highest BCUT2D eigenvalue weighted by molar-refractivity contribution is 8.13. The Morgan fingerprint density at radius 1 is 1.28 bits per heavy atom. The molecule has 0 bridgehead atoms. The normalized spacial score (nSPS) is 11.3. The first-order chi connectivity index (χ1) is 8.34. The molecule has 1 aromatic rings. The van der Waals surface area contributed by atoms with Crippen LogP contribution >= 0.6 is 10.7 Å². The molecule has 0 atom stereocenters. The third-order valence-electron chi connectivity index (χ3n) is 2.73. The van der Waals surface area contributed by atoms with Gasteiger partial charge in [0.05, 0.1) is 4.90 Å². The predicted octanol–water partition coefficient (Wildman–Crippen LogP) is 2.03. The van der Waals surface area contributed by atoms with E-state index < -0.39 is 9.05 Å². The fourth-order valence-electron chi connectivity index (χ4n) is 1.44. The molecule has 0 N–H and O–H groups in total. The Labute approximate surface area is 112 Å². The van der Waals surface area contributed by atoms with E-state index in [4.69, 9.17) is 10.7 Å². The summed E-state index contributed by atoms with van der Waals surface area (Å²) >= 11 is 0. The summed E-state index contributed by atoms with van der Waals surface area (Å²) < 4.78 is 22.1. The molecule has 1 rings (SSSR count). The summed E-state index contributed by atoms with van der Waals surface area (Å²) in [4.78, 5) is 13.3. The van der Waals surface area contributed by atoms with Gasteiger partial charge in [0.2, 0.25) is 5.91 Å². The number of halogens is 1. The fourth-order valence-corrected chi connectivity index (χ4v) is 2.21. The zero-order valence-electron chi connectivity index (χ0n) is 10.4. The summed E-state index contributed by atoms with van der Waals surface area (Å²) in [5.74, 6) is 0.0755. The van der Waals surface area contributed by atoms with Crippen LogP contribution in [0.25, 0.3) is 0 Å². The van der Waals surface area contributed by atoms with Crippen LogP contribution in [-0.4, -0.2) is 32.8 Å². The first-order valence-corrected chi connectivity index (χ1v) is 7.93. The number of carbonyl (C=O) groups excluding carboxylic acids is 1. The quantitative estimate of drug-likeness (QED) is 0.779. The molecule has 18 heavy (non-hydrogen) atoms. The molecule has 4 nitrogen and oxygen atoms in total. The van der Waals surface area contributed by atoms with Crippen LogP contribution in [-0.2, 0) is 20.3 Å². The molecule has 0 radical (unpaired) electrons. The van der Waals surface area contributed by atoms with Gasteiger partial charge in [0.15, 0.2) is 0 Å². The van der Waals surface area contributed by atoms with Gasteiger partial charge in [0.25, 0.3) is 9.05 Å². The van der Waals surface area contributed by atoms with Gasteiger partial charge in [-0.2, -0.15) is 0 Å². The minimum absolute atomic E-state index is 0.0740. The van der Waals surface area contributed by atoms with E-state index in [1.807, 2.05) is 6.92 Å². The third-order valence-corrected chi connectivity index (χ3v) is 4.10. The third kappa shape index (κ3) is 4.31. The highest BCUT2D eigenvalue weighted by Crippen LogP contribution is 2.16. The number of amides is 1. The molecule has 1 amide bonds. The second-order valence-electron chi connectivity index (χ2n) is 3.99. The molecule has 0 aliphatic carbocycles. The minimum atomic E-state index is -3.67. The van der Waals surface area contributed by atoms with E-state index in [1.54, 1.807) is 24.1 Å². The number of aryl methyl sites for hydroxylation is 1. The van der Waals surface area contributed by atoms with Crippen LogP contribution < -0.4 is 0 Å². The van der Waals surface area contributed by atoms with Crippen LogP contribution in [0.15, 0.2) is 29.2 Å². The SMILES string of the molecule is CCN(C)C(=O)CCc1ccc(S(=O)(=O)Cl)cc1. The molecule has 0 spiro atoms. The van der Waals surface area contributed by atoms with Gasteiger partial charge in [0.1, 0.15) is 0 Å². The van der Waals surface area contributed by atoms with E-state index >= 15 is 0 Å². The van der Waals surface area contributed by atoms with E-state index in [0.29, 0.717) is 19.4 Å². The lowest BCUT2D eigenvalue weighted by molar-refractivity contribution is -0.129. The average Bonchev–Trinajstić information content (AvgIpc) is 2.34. The van der Waals surface area contributed by atoms with Crippen molar-refractivity contribution in [2.75, 3.05) is 13.6 Å². The fraction of sp³-hybridized carbons (Fsp3) is 0.417. The molecule has 0 aromatic heterocycles. The summed E-state index contributed by atoms with van der Waals surface area (Å²) in [5, 5.41) is 0. The first kappa shape index (κ1) is 15.0. The molecule has 100 valence electrons. The van der Waals surface area contributed by atoms with E-state index in [2.05, 4.69) is 0 Å². The van der Waals surface area contributed by atoms with Crippen molar-refractivity contribution >= 4 is 25.6 Å².